The monoisotopic (exact) mass is 384 g/mol. The Bertz CT molecular complexity index is 561. The van der Waals surface area contributed by atoms with Gasteiger partial charge in [-0.05, 0) is 69.8 Å². The fraction of sp³-hybridized carbons (Fsp3) is 0.654. The molecule has 0 N–H and O–H groups in total. The highest BCUT2D eigenvalue weighted by atomic mass is 16.5. The predicted molar refractivity (Wildman–Crippen MR) is 118 cm³/mol. The molecule has 0 unspecified atom stereocenters. The van der Waals surface area contributed by atoms with Crippen LogP contribution in [0.25, 0.3) is 0 Å². The number of rotatable bonds is 13. The average Bonchev–Trinajstić information content (AvgIpc) is 3.12. The molecule has 0 amide bonds. The number of allylic oxidation sites excluding steroid dienone is 2. The van der Waals surface area contributed by atoms with Crippen molar-refractivity contribution in [2.75, 3.05) is 0 Å². The maximum absolute atomic E-state index is 11.5. The van der Waals surface area contributed by atoms with Gasteiger partial charge in [-0.3, -0.25) is 4.79 Å². The van der Waals surface area contributed by atoms with Crippen molar-refractivity contribution in [1.82, 2.24) is 0 Å². The Balaban J connectivity index is 1.52. The van der Waals surface area contributed by atoms with Crippen molar-refractivity contribution < 1.29 is 9.53 Å². The first kappa shape index (κ1) is 22.7. The highest BCUT2D eigenvalue weighted by Crippen LogP contribution is 2.37. The number of ether oxygens (including phenoxy) is 1. The number of carbonyl (C=O) groups excluding carboxylic acids is 1. The molecule has 156 valence electrons. The topological polar surface area (TPSA) is 26.3 Å². The van der Waals surface area contributed by atoms with Gasteiger partial charge >= 0.3 is 5.97 Å². The van der Waals surface area contributed by atoms with Gasteiger partial charge in [0.2, 0.25) is 0 Å². The van der Waals surface area contributed by atoms with Crippen LogP contribution in [0, 0.1) is 11.8 Å². The van der Waals surface area contributed by atoms with E-state index in [1.165, 1.54) is 63.4 Å². The van der Waals surface area contributed by atoms with Crippen LogP contribution in [-0.4, -0.2) is 12.1 Å². The molecule has 2 atom stereocenters. The summed E-state index contributed by atoms with van der Waals surface area (Å²) in [6, 6.07) is 10.9. The second kappa shape index (κ2) is 13.6. The molecule has 0 aliphatic heterocycles. The summed E-state index contributed by atoms with van der Waals surface area (Å²) in [7, 11) is 0. The third-order valence-corrected chi connectivity index (χ3v) is 5.92. The number of carbonyl (C=O) groups is 1. The molecular formula is C26H40O2. The minimum Gasteiger partial charge on any atom is -0.463 e. The van der Waals surface area contributed by atoms with Crippen LogP contribution in [0.3, 0.4) is 0 Å². The average molecular weight is 385 g/mol. The number of benzene rings is 1. The van der Waals surface area contributed by atoms with Crippen LogP contribution in [0.15, 0.2) is 42.5 Å². The third kappa shape index (κ3) is 9.57. The van der Waals surface area contributed by atoms with Crippen LogP contribution < -0.4 is 0 Å². The smallest absolute Gasteiger partial charge is 0.306 e. The van der Waals surface area contributed by atoms with E-state index in [2.05, 4.69) is 42.5 Å². The standard InChI is InChI=1S/C26H40O2/c1-22(2)28-26(27)21-12-4-3-10-17-24-19-13-20-25(24)18-11-6-9-16-23-14-7-5-8-15-23/h3,5,7-8,10,14-15,22,24-25H,4,6,9,11-13,16-21H2,1-2H3/b10-3-/t24-,25-/m0/s1. The molecule has 1 aromatic rings. The van der Waals surface area contributed by atoms with Crippen molar-refractivity contribution in [2.45, 2.75) is 97.0 Å². The zero-order valence-corrected chi connectivity index (χ0v) is 18.1. The number of esters is 1. The van der Waals surface area contributed by atoms with Gasteiger partial charge < -0.3 is 4.74 Å². The van der Waals surface area contributed by atoms with Gasteiger partial charge in [-0.15, -0.1) is 0 Å². The lowest BCUT2D eigenvalue weighted by molar-refractivity contribution is -0.147. The number of hydrogen-bond donors (Lipinski definition) is 0. The summed E-state index contributed by atoms with van der Waals surface area (Å²) in [6.07, 6.45) is 19.2. The summed E-state index contributed by atoms with van der Waals surface area (Å²) < 4.78 is 5.17. The molecule has 1 fully saturated rings. The Kier molecular flexibility index (Phi) is 11.0. The fourth-order valence-electron chi connectivity index (χ4n) is 4.44. The van der Waals surface area contributed by atoms with E-state index < -0.39 is 0 Å². The van der Waals surface area contributed by atoms with E-state index >= 15 is 0 Å². The van der Waals surface area contributed by atoms with Crippen LogP contribution in [0.5, 0.6) is 0 Å². The molecule has 28 heavy (non-hydrogen) atoms. The van der Waals surface area contributed by atoms with Gasteiger partial charge in [-0.2, -0.15) is 0 Å². The first-order chi connectivity index (χ1) is 13.6. The van der Waals surface area contributed by atoms with Gasteiger partial charge in [-0.25, -0.2) is 0 Å². The summed E-state index contributed by atoms with van der Waals surface area (Å²) in [5.74, 6) is 1.75. The fourth-order valence-corrected chi connectivity index (χ4v) is 4.44. The molecule has 2 nitrogen and oxygen atoms in total. The van der Waals surface area contributed by atoms with Crippen molar-refractivity contribution in [3.63, 3.8) is 0 Å². The minimum atomic E-state index is -0.0634. The highest BCUT2D eigenvalue weighted by molar-refractivity contribution is 5.69. The maximum Gasteiger partial charge on any atom is 0.306 e. The number of aryl methyl sites for hydroxylation is 1. The van der Waals surface area contributed by atoms with Crippen molar-refractivity contribution in [3.05, 3.63) is 48.0 Å². The van der Waals surface area contributed by atoms with Crippen LogP contribution >= 0.6 is 0 Å². The molecule has 1 saturated carbocycles. The molecule has 0 heterocycles. The quantitative estimate of drug-likeness (QED) is 0.203. The maximum atomic E-state index is 11.5. The van der Waals surface area contributed by atoms with Crippen LogP contribution in [0.4, 0.5) is 0 Å². The largest absolute Gasteiger partial charge is 0.463 e. The Morgan fingerprint density at radius 3 is 2.61 bits per heavy atom. The number of hydrogen-bond acceptors (Lipinski definition) is 2. The van der Waals surface area contributed by atoms with Crippen LogP contribution in [-0.2, 0) is 16.0 Å². The van der Waals surface area contributed by atoms with E-state index in [-0.39, 0.29) is 12.1 Å². The van der Waals surface area contributed by atoms with Gasteiger partial charge in [0.1, 0.15) is 0 Å². The number of unbranched alkanes of at least 4 members (excludes halogenated alkanes) is 3. The SMILES string of the molecule is CC(C)OC(=O)CCC/C=C\C[C@H]1CCC[C@@H]1CCCCCc1ccccc1. The summed E-state index contributed by atoms with van der Waals surface area (Å²) in [5, 5.41) is 0. The summed E-state index contributed by atoms with van der Waals surface area (Å²) in [6.45, 7) is 3.80. The van der Waals surface area contributed by atoms with E-state index in [0.29, 0.717) is 6.42 Å². The summed E-state index contributed by atoms with van der Waals surface area (Å²) in [5.41, 5.74) is 1.48. The molecule has 2 heteroatoms. The molecule has 2 rings (SSSR count). The molecule has 1 aliphatic carbocycles. The van der Waals surface area contributed by atoms with E-state index in [0.717, 1.165) is 24.7 Å². The van der Waals surface area contributed by atoms with E-state index in [4.69, 9.17) is 4.74 Å². The van der Waals surface area contributed by atoms with E-state index in [1.807, 2.05) is 13.8 Å². The zero-order chi connectivity index (χ0) is 20.0. The second-order valence-electron chi connectivity index (χ2n) is 8.67. The lowest BCUT2D eigenvalue weighted by Gasteiger charge is -2.18. The Labute approximate surface area is 172 Å². The molecule has 0 saturated heterocycles. The molecule has 0 aromatic heterocycles. The zero-order valence-electron chi connectivity index (χ0n) is 18.1. The van der Waals surface area contributed by atoms with Gasteiger partial charge in [0, 0.05) is 6.42 Å². The van der Waals surface area contributed by atoms with Gasteiger partial charge in [0.25, 0.3) is 0 Å². The highest BCUT2D eigenvalue weighted by Gasteiger charge is 2.25. The Hall–Kier alpha value is -1.57. The predicted octanol–water partition coefficient (Wildman–Crippen LogP) is 7.27. The first-order valence-electron chi connectivity index (χ1n) is 11.5. The molecule has 0 spiro atoms. The minimum absolute atomic E-state index is 0.000630. The summed E-state index contributed by atoms with van der Waals surface area (Å²) in [4.78, 5) is 11.5. The molecule has 1 aliphatic rings. The van der Waals surface area contributed by atoms with Crippen molar-refractivity contribution in [3.8, 4) is 0 Å². The third-order valence-electron chi connectivity index (χ3n) is 5.92. The molecule has 1 aromatic carbocycles. The van der Waals surface area contributed by atoms with E-state index in [9.17, 15) is 4.79 Å². The van der Waals surface area contributed by atoms with Crippen molar-refractivity contribution in [2.24, 2.45) is 11.8 Å². The van der Waals surface area contributed by atoms with Crippen molar-refractivity contribution in [1.29, 1.82) is 0 Å². The molecular weight excluding hydrogens is 344 g/mol. The normalized spacial score (nSPS) is 19.5. The molecule has 0 bridgehead atoms. The second-order valence-corrected chi connectivity index (χ2v) is 8.67. The first-order valence-corrected chi connectivity index (χ1v) is 11.5. The lowest BCUT2D eigenvalue weighted by atomic mass is 9.88. The van der Waals surface area contributed by atoms with Gasteiger partial charge in [-0.1, -0.05) is 74.6 Å². The molecule has 0 radical (unpaired) electrons. The van der Waals surface area contributed by atoms with Gasteiger partial charge in [0.15, 0.2) is 0 Å². The Morgan fingerprint density at radius 1 is 1.04 bits per heavy atom. The summed E-state index contributed by atoms with van der Waals surface area (Å²) >= 11 is 0. The van der Waals surface area contributed by atoms with Crippen LogP contribution in [0.2, 0.25) is 0 Å². The van der Waals surface area contributed by atoms with E-state index in [1.54, 1.807) is 0 Å². The lowest BCUT2D eigenvalue weighted by Crippen LogP contribution is -2.10. The van der Waals surface area contributed by atoms with Crippen molar-refractivity contribution >= 4 is 5.97 Å². The Morgan fingerprint density at radius 2 is 1.82 bits per heavy atom. The van der Waals surface area contributed by atoms with Crippen LogP contribution in [0.1, 0.15) is 90.0 Å². The van der Waals surface area contributed by atoms with Gasteiger partial charge in [0.05, 0.1) is 6.10 Å².